The van der Waals surface area contributed by atoms with Gasteiger partial charge in [-0.15, -0.1) is 11.3 Å². The number of nitriles is 2. The summed E-state index contributed by atoms with van der Waals surface area (Å²) >= 11 is 1.30. The predicted molar refractivity (Wildman–Crippen MR) is 329 cm³/mol. The molecule has 17 rings (SSSR count). The number of aromatic nitrogens is 4. The highest BCUT2D eigenvalue weighted by molar-refractivity contribution is 7.26. The van der Waals surface area contributed by atoms with Crippen LogP contribution in [0.2, 0.25) is 0 Å². The molecule has 0 amide bonds. The highest BCUT2D eigenvalue weighted by atomic mass is 32.1. The summed E-state index contributed by atoms with van der Waals surface area (Å²) in [6.45, 7) is 0. The van der Waals surface area contributed by atoms with Gasteiger partial charge in [0.25, 0.3) is 0 Å². The zero-order valence-electron chi connectivity index (χ0n) is 64.3. The van der Waals surface area contributed by atoms with Gasteiger partial charge in [0.15, 0.2) is 0 Å². The third-order valence-corrected chi connectivity index (χ3v) is 16.2. The standard InChI is InChI=1S/C72H40N6S/c73-41-57-67(75-59-29-10-3-21-47(59)48-22-4-11-30-60(48)75)68(76-61-31-12-5-23-49(61)50-24-6-13-32-62(50)76)58(42-74)70(69(57)77-63-33-14-7-25-51(63)52-26-8-15-34-64(52)77)78-65-39-36-44(46-28-17-19-43-18-1-2-20-45(43)46)40-56(65)54-37-38-55-53-27-9-16-35-66(53)79-72(55)71(54)78/h1-40H/i3D,4D,5D,6D,7D,8D,10D,11D,12D,13D,14D,15D,21D,22D,23D,24D,25D,26D,29D,30D,31D,32D,33D,34D. The van der Waals surface area contributed by atoms with E-state index in [0.29, 0.717) is 26.4 Å². The third kappa shape index (κ3) is 5.86. The highest BCUT2D eigenvalue weighted by Gasteiger charge is 2.35. The normalized spacial score (nSPS) is 16.3. The maximum Gasteiger partial charge on any atom is 0.104 e. The molecule has 364 valence electrons. The summed E-state index contributed by atoms with van der Waals surface area (Å²) in [5, 5.41) is 27.1. The molecule has 5 heterocycles. The number of rotatable bonds is 5. The van der Waals surface area contributed by atoms with Crippen LogP contribution in [0.3, 0.4) is 0 Å². The molecule has 0 aliphatic heterocycles. The van der Waals surface area contributed by atoms with Crippen LogP contribution in [0.1, 0.15) is 44.0 Å². The molecule has 17 aromatic rings. The molecule has 0 bridgehead atoms. The summed E-state index contributed by atoms with van der Waals surface area (Å²) < 4.78 is 235. The maximum absolute atomic E-state index is 13.3. The second-order valence-electron chi connectivity index (χ2n) is 18.7. The molecule has 0 aliphatic carbocycles. The second-order valence-corrected chi connectivity index (χ2v) is 19.8. The summed E-state index contributed by atoms with van der Waals surface area (Å²) in [5.74, 6) is 0. The molecule has 6 nitrogen and oxygen atoms in total. The molecule has 0 fully saturated rings. The van der Waals surface area contributed by atoms with Crippen LogP contribution in [0.5, 0.6) is 0 Å². The topological polar surface area (TPSA) is 67.3 Å². The van der Waals surface area contributed by atoms with E-state index in [2.05, 4.69) is 12.1 Å². The Balaban J connectivity index is 1.28. The van der Waals surface area contributed by atoms with Crippen molar-refractivity contribution in [1.82, 2.24) is 18.3 Å². The Hall–Kier alpha value is -10.7. The number of thiophene rings is 1. The lowest BCUT2D eigenvalue weighted by Gasteiger charge is -2.27. The van der Waals surface area contributed by atoms with Crippen LogP contribution in [-0.2, 0) is 0 Å². The zero-order chi connectivity index (χ0) is 72.9. The van der Waals surface area contributed by atoms with Crippen molar-refractivity contribution in [1.29, 1.82) is 10.5 Å². The molecular formula is C72H40N6S. The molecule has 7 heteroatoms. The van der Waals surface area contributed by atoms with Gasteiger partial charge < -0.3 is 18.3 Å². The van der Waals surface area contributed by atoms with Crippen molar-refractivity contribution in [3.8, 4) is 46.0 Å². The fourth-order valence-corrected chi connectivity index (χ4v) is 13.1. The lowest BCUT2D eigenvalue weighted by Crippen LogP contribution is -2.16. The molecule has 12 aromatic carbocycles. The van der Waals surface area contributed by atoms with Gasteiger partial charge in [0.2, 0.25) is 0 Å². The summed E-state index contributed by atoms with van der Waals surface area (Å²) in [6, 6.07) is 12.6. The van der Waals surface area contributed by atoms with Gasteiger partial charge in [-0.2, -0.15) is 10.5 Å². The third-order valence-electron chi connectivity index (χ3n) is 15.0. The van der Waals surface area contributed by atoms with E-state index in [4.69, 9.17) is 8.22 Å². The number of hydrogen-bond acceptors (Lipinski definition) is 3. The second kappa shape index (κ2) is 16.4. The summed E-state index contributed by atoms with van der Waals surface area (Å²) in [6.07, 6.45) is 0. The first-order chi connectivity index (χ1) is 49.1. The van der Waals surface area contributed by atoms with E-state index in [0.717, 1.165) is 40.1 Å². The van der Waals surface area contributed by atoms with E-state index in [1.165, 1.54) is 11.3 Å². The molecule has 5 aromatic heterocycles. The van der Waals surface area contributed by atoms with Crippen LogP contribution in [0.15, 0.2) is 242 Å². The van der Waals surface area contributed by atoms with Gasteiger partial charge in [-0.25, -0.2) is 0 Å². The van der Waals surface area contributed by atoms with Gasteiger partial charge in [-0.1, -0.05) is 188 Å². The highest BCUT2D eigenvalue weighted by Crippen LogP contribution is 2.51. The number of fused-ring (bicyclic) bond motifs is 17. The van der Waals surface area contributed by atoms with Crippen LogP contribution in [0, 0.1) is 22.7 Å². The minimum absolute atomic E-state index is 0.194. The maximum atomic E-state index is 13.3. The van der Waals surface area contributed by atoms with E-state index in [9.17, 15) is 35.2 Å². The summed E-state index contributed by atoms with van der Waals surface area (Å²) in [5.41, 5.74) is -6.87. The van der Waals surface area contributed by atoms with Crippen LogP contribution in [0.25, 0.3) is 152 Å². The SMILES string of the molecule is [2H]c1c([2H])c([2H])c2c(c1[2H])c1c([2H])c([2H])c([2H])c([2H])c1n2-c1c(C#N)c(-n2c3c([2H])c([2H])c([2H])c([2H])c3c3c([2H])c([2H])c([2H])c([2H])c32)c(-n2c3ccc(-c4cccc5ccccc45)cc3c3ccc4c5ccccc5sc4c32)c(C#N)c1-n1c2c([2H])c([2H])c([2H])c([2H])c2c2c([2H])c([2H])c([2H])c([2H])c21. The molecule has 0 N–H and O–H groups in total. The Morgan fingerprint density at radius 1 is 0.342 bits per heavy atom. The Morgan fingerprint density at radius 3 is 1.25 bits per heavy atom. The summed E-state index contributed by atoms with van der Waals surface area (Å²) in [7, 11) is 0. The Morgan fingerprint density at radius 2 is 0.759 bits per heavy atom. The molecule has 0 unspecified atom stereocenters. The first-order valence-corrected chi connectivity index (χ1v) is 25.4. The quantitative estimate of drug-likeness (QED) is 0.172. The van der Waals surface area contributed by atoms with Crippen molar-refractivity contribution >= 4 is 130 Å². The van der Waals surface area contributed by atoms with Gasteiger partial charge in [0, 0.05) is 58.6 Å². The van der Waals surface area contributed by atoms with Gasteiger partial charge in [-0.3, -0.25) is 0 Å². The van der Waals surface area contributed by atoms with Gasteiger partial charge in [0.05, 0.1) is 104 Å². The Bertz CT molecular complexity index is 6850. The molecule has 0 radical (unpaired) electrons. The largest absolute Gasteiger partial charge is 0.306 e. The lowest BCUT2D eigenvalue weighted by atomic mass is 9.97. The number of hydrogen-bond donors (Lipinski definition) is 0. The van der Waals surface area contributed by atoms with Gasteiger partial charge in [0.1, 0.15) is 23.3 Å². The Labute approximate surface area is 489 Å². The van der Waals surface area contributed by atoms with Crippen molar-refractivity contribution in [3.63, 3.8) is 0 Å². The number of benzene rings is 12. The number of para-hydroxylation sites is 6. The van der Waals surface area contributed by atoms with Crippen molar-refractivity contribution in [3.05, 3.63) is 253 Å². The molecule has 0 aliphatic rings. The minimum atomic E-state index is -0.982. The smallest absolute Gasteiger partial charge is 0.104 e. The fourth-order valence-electron chi connectivity index (χ4n) is 11.9. The molecule has 0 spiro atoms. The first-order valence-electron chi connectivity index (χ1n) is 36.6. The molecule has 79 heavy (non-hydrogen) atoms. The molecule has 0 saturated carbocycles. The van der Waals surface area contributed by atoms with Crippen LogP contribution < -0.4 is 0 Å². The minimum Gasteiger partial charge on any atom is -0.306 e. The Kier molecular flexibility index (Phi) is 5.48. The molecule has 0 atom stereocenters. The van der Waals surface area contributed by atoms with Crippen LogP contribution in [-0.4, -0.2) is 18.3 Å². The lowest BCUT2D eigenvalue weighted by molar-refractivity contribution is 1.03. The molecule has 0 saturated heterocycles. The first kappa shape index (κ1) is 26.4. The van der Waals surface area contributed by atoms with Gasteiger partial charge in [-0.05, 0) is 76.4 Å². The van der Waals surface area contributed by atoms with E-state index >= 15 is 0 Å². The number of nitrogens with zero attached hydrogens (tertiary/aromatic N) is 6. The van der Waals surface area contributed by atoms with Gasteiger partial charge >= 0.3 is 0 Å². The van der Waals surface area contributed by atoms with Crippen molar-refractivity contribution in [2.24, 2.45) is 0 Å². The average Bonchev–Trinajstić information content (AvgIpc) is 1.11. The van der Waals surface area contributed by atoms with Crippen LogP contribution in [0.4, 0.5) is 0 Å². The molecular weight excluding hydrogens is 981 g/mol. The van der Waals surface area contributed by atoms with Crippen molar-refractivity contribution in [2.75, 3.05) is 0 Å². The van der Waals surface area contributed by atoms with Crippen molar-refractivity contribution < 1.29 is 32.9 Å². The summed E-state index contributed by atoms with van der Waals surface area (Å²) in [4.78, 5) is 0. The van der Waals surface area contributed by atoms with E-state index in [1.54, 1.807) is 16.7 Å². The van der Waals surface area contributed by atoms with Crippen LogP contribution >= 0.6 is 11.3 Å². The van der Waals surface area contributed by atoms with Crippen molar-refractivity contribution in [2.45, 2.75) is 0 Å². The fraction of sp³-hybridized carbons (Fsp3) is 0. The predicted octanol–water partition coefficient (Wildman–Crippen LogP) is 19.0. The monoisotopic (exact) mass is 1040 g/mol. The van der Waals surface area contributed by atoms with E-state index < -0.39 is 244 Å². The van der Waals surface area contributed by atoms with E-state index in [-0.39, 0.29) is 11.0 Å². The average molecular weight is 1050 g/mol. The van der Waals surface area contributed by atoms with E-state index in [1.807, 2.05) is 84.9 Å². The zero-order valence-corrected chi connectivity index (χ0v) is 41.1.